The van der Waals surface area contributed by atoms with Crippen LogP contribution in [0, 0.1) is 6.92 Å². The van der Waals surface area contributed by atoms with E-state index < -0.39 is 0 Å². The first-order valence-corrected chi connectivity index (χ1v) is 7.95. The summed E-state index contributed by atoms with van der Waals surface area (Å²) in [6.45, 7) is 3.76. The smallest absolute Gasteiger partial charge is 0.244 e. The Bertz CT molecular complexity index is 704. The Morgan fingerprint density at radius 3 is 2.52 bits per heavy atom. The fourth-order valence-corrected chi connectivity index (χ4v) is 2.59. The first-order chi connectivity index (χ1) is 11.0. The van der Waals surface area contributed by atoms with Gasteiger partial charge in [0.15, 0.2) is 0 Å². The minimum atomic E-state index is -0.223. The van der Waals surface area contributed by atoms with Gasteiger partial charge in [-0.15, -0.1) is 0 Å². The van der Waals surface area contributed by atoms with Crippen molar-refractivity contribution in [2.24, 2.45) is 0 Å². The van der Waals surface area contributed by atoms with Gasteiger partial charge in [-0.1, -0.05) is 15.9 Å². The zero-order chi connectivity index (χ0) is 16.8. The minimum absolute atomic E-state index is 0.00710. The number of nitrogens with one attached hydrogen (secondary N) is 1. The van der Waals surface area contributed by atoms with Crippen molar-refractivity contribution in [3.05, 3.63) is 58.3 Å². The number of aromatic nitrogens is 1. The number of rotatable bonds is 5. The molecule has 0 fully saturated rings. The highest BCUT2D eigenvalue weighted by molar-refractivity contribution is 9.10. The molecule has 0 spiro atoms. The van der Waals surface area contributed by atoms with Crippen LogP contribution in [0.1, 0.15) is 18.1 Å². The molecule has 0 unspecified atom stereocenters. The third-order valence-electron chi connectivity index (χ3n) is 3.37. The van der Waals surface area contributed by atoms with Crippen LogP contribution in [0.25, 0.3) is 0 Å². The van der Waals surface area contributed by atoms with E-state index in [1.54, 1.807) is 12.4 Å². The number of halogens is 1. The Hall–Kier alpha value is -2.21. The highest BCUT2D eigenvalue weighted by Crippen LogP contribution is 2.20. The number of carbonyl (C=O) groups is 2. The molecule has 6 heteroatoms. The van der Waals surface area contributed by atoms with E-state index in [4.69, 9.17) is 0 Å². The van der Waals surface area contributed by atoms with Crippen LogP contribution < -0.4 is 5.32 Å². The molecular weight excluding hydrogens is 358 g/mol. The van der Waals surface area contributed by atoms with E-state index >= 15 is 0 Å². The van der Waals surface area contributed by atoms with Gasteiger partial charge in [-0.05, 0) is 48.4 Å². The van der Waals surface area contributed by atoms with Crippen molar-refractivity contribution in [3.8, 4) is 0 Å². The van der Waals surface area contributed by atoms with E-state index in [0.29, 0.717) is 6.54 Å². The van der Waals surface area contributed by atoms with Gasteiger partial charge in [-0.2, -0.15) is 0 Å². The molecule has 2 amide bonds. The summed E-state index contributed by atoms with van der Waals surface area (Å²) in [5, 5.41) is 2.84. The molecule has 0 saturated heterocycles. The monoisotopic (exact) mass is 375 g/mol. The van der Waals surface area contributed by atoms with Gasteiger partial charge in [0.2, 0.25) is 11.8 Å². The van der Waals surface area contributed by atoms with E-state index in [1.165, 1.54) is 11.8 Å². The summed E-state index contributed by atoms with van der Waals surface area (Å²) in [6, 6.07) is 9.27. The molecule has 120 valence electrons. The van der Waals surface area contributed by atoms with Crippen molar-refractivity contribution >= 4 is 33.4 Å². The Morgan fingerprint density at radius 2 is 1.91 bits per heavy atom. The molecular formula is C17H18BrN3O2. The Morgan fingerprint density at radius 1 is 1.22 bits per heavy atom. The molecule has 5 nitrogen and oxygen atoms in total. The standard InChI is InChI=1S/C17H18BrN3O2/c1-12-9-15(18)3-4-16(12)20-17(23)11-21(13(2)22)10-14-5-7-19-8-6-14/h3-9H,10-11H2,1-2H3,(H,20,23). The molecule has 0 bridgehead atoms. The molecule has 0 aliphatic heterocycles. The number of amides is 2. The van der Waals surface area contributed by atoms with Crippen LogP contribution in [0.4, 0.5) is 5.69 Å². The zero-order valence-electron chi connectivity index (χ0n) is 13.0. The summed E-state index contributed by atoms with van der Waals surface area (Å²) >= 11 is 3.39. The molecule has 0 radical (unpaired) electrons. The van der Waals surface area contributed by atoms with Crippen molar-refractivity contribution < 1.29 is 9.59 Å². The number of benzene rings is 1. The molecule has 1 aromatic heterocycles. The van der Waals surface area contributed by atoms with Crippen molar-refractivity contribution in [2.75, 3.05) is 11.9 Å². The summed E-state index contributed by atoms with van der Waals surface area (Å²) in [7, 11) is 0. The number of hydrogen-bond donors (Lipinski definition) is 1. The van der Waals surface area contributed by atoms with Gasteiger partial charge in [-0.3, -0.25) is 14.6 Å². The number of nitrogens with zero attached hydrogens (tertiary/aromatic N) is 2. The van der Waals surface area contributed by atoms with Crippen LogP contribution in [0.2, 0.25) is 0 Å². The average Bonchev–Trinajstić information content (AvgIpc) is 2.50. The lowest BCUT2D eigenvalue weighted by molar-refractivity contribution is -0.133. The lowest BCUT2D eigenvalue weighted by Gasteiger charge is -2.21. The summed E-state index contributed by atoms with van der Waals surface area (Å²) < 4.78 is 0.955. The Kier molecular flexibility index (Phi) is 5.87. The SMILES string of the molecule is CC(=O)N(CC(=O)Nc1ccc(Br)cc1C)Cc1ccncc1. The van der Waals surface area contributed by atoms with Crippen LogP contribution in [-0.2, 0) is 16.1 Å². The van der Waals surface area contributed by atoms with E-state index in [0.717, 1.165) is 21.3 Å². The van der Waals surface area contributed by atoms with Crippen LogP contribution >= 0.6 is 15.9 Å². The molecule has 0 aliphatic carbocycles. The maximum atomic E-state index is 12.2. The van der Waals surface area contributed by atoms with Crippen LogP contribution in [0.3, 0.4) is 0 Å². The van der Waals surface area contributed by atoms with Crippen LogP contribution in [0.5, 0.6) is 0 Å². The van der Waals surface area contributed by atoms with Gasteiger partial charge in [0.05, 0.1) is 0 Å². The van der Waals surface area contributed by atoms with Crippen LogP contribution in [-0.4, -0.2) is 28.2 Å². The number of pyridine rings is 1. The molecule has 2 rings (SSSR count). The van der Waals surface area contributed by atoms with E-state index in [1.807, 2.05) is 37.3 Å². The third kappa shape index (κ3) is 5.17. The summed E-state index contributed by atoms with van der Waals surface area (Å²) in [4.78, 5) is 29.4. The zero-order valence-corrected chi connectivity index (χ0v) is 14.6. The first-order valence-electron chi connectivity index (χ1n) is 7.16. The van der Waals surface area contributed by atoms with Gasteiger partial charge in [-0.25, -0.2) is 0 Å². The van der Waals surface area contributed by atoms with Crippen LogP contribution in [0.15, 0.2) is 47.2 Å². The number of carbonyl (C=O) groups excluding carboxylic acids is 2. The number of hydrogen-bond acceptors (Lipinski definition) is 3. The molecule has 0 atom stereocenters. The molecule has 2 aromatic rings. The quantitative estimate of drug-likeness (QED) is 0.872. The highest BCUT2D eigenvalue weighted by Gasteiger charge is 2.15. The lowest BCUT2D eigenvalue weighted by atomic mass is 10.2. The van der Waals surface area contributed by atoms with Crippen molar-refractivity contribution in [3.63, 3.8) is 0 Å². The number of aryl methyl sites for hydroxylation is 1. The topological polar surface area (TPSA) is 62.3 Å². The maximum Gasteiger partial charge on any atom is 0.244 e. The fourth-order valence-electron chi connectivity index (χ4n) is 2.12. The van der Waals surface area contributed by atoms with Gasteiger partial charge in [0, 0.05) is 36.0 Å². The third-order valence-corrected chi connectivity index (χ3v) is 3.86. The normalized spacial score (nSPS) is 10.2. The molecule has 0 saturated carbocycles. The van der Waals surface area contributed by atoms with Crippen molar-refractivity contribution in [1.29, 1.82) is 0 Å². The minimum Gasteiger partial charge on any atom is -0.329 e. The van der Waals surface area contributed by atoms with E-state index in [9.17, 15) is 9.59 Å². The second-order valence-electron chi connectivity index (χ2n) is 5.24. The van der Waals surface area contributed by atoms with Crippen molar-refractivity contribution in [1.82, 2.24) is 9.88 Å². The first kappa shape index (κ1) is 17.1. The number of anilines is 1. The molecule has 23 heavy (non-hydrogen) atoms. The fraction of sp³-hybridized carbons (Fsp3) is 0.235. The van der Waals surface area contributed by atoms with E-state index in [-0.39, 0.29) is 18.4 Å². The second-order valence-corrected chi connectivity index (χ2v) is 6.15. The van der Waals surface area contributed by atoms with E-state index in [2.05, 4.69) is 26.2 Å². The predicted octanol–water partition coefficient (Wildman–Crippen LogP) is 3.14. The van der Waals surface area contributed by atoms with Crippen molar-refractivity contribution in [2.45, 2.75) is 20.4 Å². The Labute approximate surface area is 143 Å². The summed E-state index contributed by atoms with van der Waals surface area (Å²) in [6.07, 6.45) is 3.33. The largest absolute Gasteiger partial charge is 0.329 e. The second kappa shape index (κ2) is 7.87. The maximum absolute atomic E-state index is 12.2. The predicted molar refractivity (Wildman–Crippen MR) is 92.8 cm³/mol. The molecule has 1 heterocycles. The highest BCUT2D eigenvalue weighted by atomic mass is 79.9. The molecule has 1 N–H and O–H groups in total. The lowest BCUT2D eigenvalue weighted by Crippen LogP contribution is -2.36. The van der Waals surface area contributed by atoms with Gasteiger partial charge in [0.25, 0.3) is 0 Å². The Balaban J connectivity index is 2.02. The average molecular weight is 376 g/mol. The summed E-state index contributed by atoms with van der Waals surface area (Å²) in [5.41, 5.74) is 2.63. The van der Waals surface area contributed by atoms with Gasteiger partial charge < -0.3 is 10.2 Å². The van der Waals surface area contributed by atoms with Gasteiger partial charge in [0.1, 0.15) is 6.54 Å². The molecule has 1 aromatic carbocycles. The van der Waals surface area contributed by atoms with Gasteiger partial charge >= 0.3 is 0 Å². The summed E-state index contributed by atoms with van der Waals surface area (Å²) in [5.74, 6) is -0.371. The molecule has 0 aliphatic rings.